The lowest BCUT2D eigenvalue weighted by Crippen LogP contribution is -2.44. The molecule has 0 radical (unpaired) electrons. The van der Waals surface area contributed by atoms with Crippen LogP contribution in [0.5, 0.6) is 0 Å². The van der Waals surface area contributed by atoms with Gasteiger partial charge in [0.15, 0.2) is 0 Å². The summed E-state index contributed by atoms with van der Waals surface area (Å²) in [7, 11) is 0. The first-order valence-electron chi connectivity index (χ1n) is 6.43. The van der Waals surface area contributed by atoms with E-state index in [0.717, 1.165) is 6.42 Å². The molecule has 2 fully saturated rings. The van der Waals surface area contributed by atoms with Crippen molar-refractivity contribution in [2.45, 2.75) is 24.6 Å². The number of nitrogens with one attached hydrogen (secondary N) is 1. The van der Waals surface area contributed by atoms with E-state index < -0.39 is 10.9 Å². The molecule has 0 amide bonds. The van der Waals surface area contributed by atoms with Crippen LogP contribution in [0.1, 0.15) is 16.8 Å². The average molecular weight is 278 g/mol. The van der Waals surface area contributed by atoms with E-state index in [9.17, 15) is 14.9 Å². The standard InChI is InChI=1S/C13H14N2O5/c16-13(8-1-3-10(4-2-8)15(17)18)20-12-5-9-6-19-7-11(12)14-9/h1-4,9,11-12,14H,5-7H2. The largest absolute Gasteiger partial charge is 0.457 e. The zero-order valence-electron chi connectivity index (χ0n) is 10.7. The first kappa shape index (κ1) is 13.0. The lowest BCUT2D eigenvalue weighted by molar-refractivity contribution is -0.384. The summed E-state index contributed by atoms with van der Waals surface area (Å²) in [4.78, 5) is 22.1. The molecule has 0 aromatic heterocycles. The van der Waals surface area contributed by atoms with Gasteiger partial charge in [-0.2, -0.15) is 0 Å². The number of morpholine rings is 1. The molecule has 2 aliphatic heterocycles. The minimum atomic E-state index is -0.504. The lowest BCUT2D eigenvalue weighted by atomic mass is 10.1. The number of nitro benzene ring substituents is 1. The minimum absolute atomic E-state index is 0.0377. The third-order valence-electron chi connectivity index (χ3n) is 3.60. The van der Waals surface area contributed by atoms with Crippen LogP contribution in [0.15, 0.2) is 24.3 Å². The number of carbonyl (C=O) groups excluding carboxylic acids is 1. The zero-order valence-corrected chi connectivity index (χ0v) is 10.7. The van der Waals surface area contributed by atoms with Gasteiger partial charge in [-0.05, 0) is 12.1 Å². The minimum Gasteiger partial charge on any atom is -0.457 e. The molecule has 2 aliphatic rings. The molecule has 7 heteroatoms. The van der Waals surface area contributed by atoms with E-state index in [2.05, 4.69) is 5.32 Å². The number of ether oxygens (including phenoxy) is 2. The second-order valence-corrected chi connectivity index (χ2v) is 4.99. The Morgan fingerprint density at radius 2 is 2.10 bits per heavy atom. The monoisotopic (exact) mass is 278 g/mol. The molecule has 7 nitrogen and oxygen atoms in total. The van der Waals surface area contributed by atoms with Crippen LogP contribution in [-0.4, -0.2) is 42.3 Å². The Balaban J connectivity index is 1.65. The summed E-state index contributed by atoms with van der Waals surface area (Å²) in [6.45, 7) is 1.18. The summed E-state index contributed by atoms with van der Waals surface area (Å²) >= 11 is 0. The second kappa shape index (κ2) is 5.18. The highest BCUT2D eigenvalue weighted by Crippen LogP contribution is 2.23. The van der Waals surface area contributed by atoms with Crippen LogP contribution in [0.4, 0.5) is 5.69 Å². The molecule has 0 saturated carbocycles. The van der Waals surface area contributed by atoms with Gasteiger partial charge in [0.1, 0.15) is 6.10 Å². The molecule has 1 aromatic carbocycles. The molecule has 2 saturated heterocycles. The number of rotatable bonds is 3. The summed E-state index contributed by atoms with van der Waals surface area (Å²) in [5.41, 5.74) is 0.270. The number of benzene rings is 1. The average Bonchev–Trinajstić information content (AvgIpc) is 2.73. The van der Waals surface area contributed by atoms with E-state index in [4.69, 9.17) is 9.47 Å². The quantitative estimate of drug-likeness (QED) is 0.501. The van der Waals surface area contributed by atoms with Gasteiger partial charge in [-0.15, -0.1) is 0 Å². The zero-order chi connectivity index (χ0) is 14.1. The van der Waals surface area contributed by atoms with Crippen LogP contribution in [0.25, 0.3) is 0 Å². The van der Waals surface area contributed by atoms with Gasteiger partial charge >= 0.3 is 5.97 Å². The number of fused-ring (bicyclic) bond motifs is 2. The topological polar surface area (TPSA) is 90.7 Å². The fraction of sp³-hybridized carbons (Fsp3) is 0.462. The number of nitrogens with zero attached hydrogens (tertiary/aromatic N) is 1. The Bertz CT molecular complexity index is 530. The van der Waals surface area contributed by atoms with E-state index in [1.165, 1.54) is 24.3 Å². The Labute approximate surface area is 115 Å². The fourth-order valence-corrected chi connectivity index (χ4v) is 2.59. The normalized spacial score (nSPS) is 28.1. The Hall–Kier alpha value is -1.99. The summed E-state index contributed by atoms with van der Waals surface area (Å²) < 4.78 is 10.8. The molecule has 3 rings (SSSR count). The van der Waals surface area contributed by atoms with Crippen molar-refractivity contribution < 1.29 is 19.2 Å². The fourth-order valence-electron chi connectivity index (χ4n) is 2.59. The molecule has 2 bridgehead atoms. The second-order valence-electron chi connectivity index (χ2n) is 4.99. The Morgan fingerprint density at radius 3 is 2.75 bits per heavy atom. The molecule has 1 aromatic rings. The van der Waals surface area contributed by atoms with Crippen LogP contribution in [0.2, 0.25) is 0 Å². The van der Waals surface area contributed by atoms with E-state index in [1.807, 2.05) is 0 Å². The number of hydrogen-bond donors (Lipinski definition) is 1. The molecule has 20 heavy (non-hydrogen) atoms. The van der Waals surface area contributed by atoms with Crippen molar-refractivity contribution in [1.82, 2.24) is 5.32 Å². The van der Waals surface area contributed by atoms with E-state index in [0.29, 0.717) is 18.8 Å². The summed E-state index contributed by atoms with van der Waals surface area (Å²) in [5.74, 6) is -0.459. The maximum atomic E-state index is 12.0. The highest BCUT2D eigenvalue weighted by Gasteiger charge is 2.39. The third-order valence-corrected chi connectivity index (χ3v) is 3.60. The van der Waals surface area contributed by atoms with Crippen molar-refractivity contribution in [3.8, 4) is 0 Å². The molecule has 0 aliphatic carbocycles. The highest BCUT2D eigenvalue weighted by atomic mass is 16.6. The molecule has 3 atom stereocenters. The molecule has 106 valence electrons. The highest BCUT2D eigenvalue weighted by molar-refractivity contribution is 5.89. The molecule has 1 N–H and O–H groups in total. The van der Waals surface area contributed by atoms with Gasteiger partial charge < -0.3 is 14.8 Å². The van der Waals surface area contributed by atoms with Gasteiger partial charge in [-0.1, -0.05) is 0 Å². The first-order valence-corrected chi connectivity index (χ1v) is 6.43. The van der Waals surface area contributed by atoms with Crippen LogP contribution >= 0.6 is 0 Å². The third kappa shape index (κ3) is 2.50. The van der Waals surface area contributed by atoms with Gasteiger partial charge in [0, 0.05) is 24.6 Å². The van der Waals surface area contributed by atoms with E-state index in [-0.39, 0.29) is 23.9 Å². The molecular formula is C13H14N2O5. The predicted octanol–water partition coefficient (Wildman–Crippen LogP) is 0.881. The first-order chi connectivity index (χ1) is 9.63. The smallest absolute Gasteiger partial charge is 0.338 e. The van der Waals surface area contributed by atoms with Crippen molar-refractivity contribution in [2.75, 3.05) is 13.2 Å². The Kier molecular flexibility index (Phi) is 3.37. The summed E-state index contributed by atoms with van der Waals surface area (Å²) in [6, 6.07) is 5.69. The molecular weight excluding hydrogens is 264 g/mol. The van der Waals surface area contributed by atoms with E-state index >= 15 is 0 Å². The van der Waals surface area contributed by atoms with Crippen LogP contribution in [0, 0.1) is 10.1 Å². The van der Waals surface area contributed by atoms with Crippen LogP contribution in [0.3, 0.4) is 0 Å². The van der Waals surface area contributed by atoms with Crippen molar-refractivity contribution in [3.63, 3.8) is 0 Å². The van der Waals surface area contributed by atoms with Crippen LogP contribution in [-0.2, 0) is 9.47 Å². The number of carbonyl (C=O) groups is 1. The molecule has 0 spiro atoms. The van der Waals surface area contributed by atoms with Gasteiger partial charge in [-0.25, -0.2) is 4.79 Å². The number of hydrogen-bond acceptors (Lipinski definition) is 6. The van der Waals surface area contributed by atoms with Crippen molar-refractivity contribution >= 4 is 11.7 Å². The van der Waals surface area contributed by atoms with Crippen molar-refractivity contribution in [3.05, 3.63) is 39.9 Å². The number of nitro groups is 1. The van der Waals surface area contributed by atoms with Gasteiger partial charge in [0.25, 0.3) is 5.69 Å². The van der Waals surface area contributed by atoms with Gasteiger partial charge in [0.2, 0.25) is 0 Å². The number of esters is 1. The SMILES string of the molecule is O=C(OC1CC2COCC1N2)c1ccc([N+](=O)[O-])cc1. The van der Waals surface area contributed by atoms with Gasteiger partial charge in [-0.3, -0.25) is 10.1 Å². The lowest BCUT2D eigenvalue weighted by Gasteiger charge is -2.22. The molecule has 2 heterocycles. The maximum absolute atomic E-state index is 12.0. The Morgan fingerprint density at radius 1 is 1.35 bits per heavy atom. The van der Waals surface area contributed by atoms with E-state index in [1.54, 1.807) is 0 Å². The van der Waals surface area contributed by atoms with Crippen LogP contribution < -0.4 is 5.32 Å². The molecule has 3 unspecified atom stereocenters. The predicted molar refractivity (Wildman–Crippen MR) is 68.4 cm³/mol. The van der Waals surface area contributed by atoms with Crippen molar-refractivity contribution in [1.29, 1.82) is 0 Å². The van der Waals surface area contributed by atoms with Gasteiger partial charge in [0.05, 0.1) is 29.7 Å². The number of non-ortho nitro benzene ring substituents is 1. The summed E-state index contributed by atoms with van der Waals surface area (Å²) in [6.07, 6.45) is 0.536. The maximum Gasteiger partial charge on any atom is 0.338 e. The summed E-state index contributed by atoms with van der Waals surface area (Å²) in [5, 5.41) is 13.9. The van der Waals surface area contributed by atoms with Crippen molar-refractivity contribution in [2.24, 2.45) is 0 Å².